The zero-order valence-electron chi connectivity index (χ0n) is 17.1. The second kappa shape index (κ2) is 9.22. The summed E-state index contributed by atoms with van der Waals surface area (Å²) in [6.45, 7) is -0.168. The molecule has 8 nitrogen and oxygen atoms in total. The molecule has 0 atom stereocenters. The summed E-state index contributed by atoms with van der Waals surface area (Å²) in [4.78, 5) is 15.9. The highest BCUT2D eigenvalue weighted by molar-refractivity contribution is 6.00. The van der Waals surface area contributed by atoms with Crippen LogP contribution in [0.5, 0.6) is 0 Å². The minimum atomic E-state index is -4.87. The van der Waals surface area contributed by atoms with Crippen LogP contribution < -0.4 is 16.0 Å². The SMILES string of the molecule is CNC(=O)c1cccc(F)c1Nc1ccnc(Nc2cc(CCO)nn2C)c1C(F)(F)F. The minimum Gasteiger partial charge on any atom is -0.396 e. The Morgan fingerprint density at radius 3 is 2.62 bits per heavy atom. The molecule has 0 spiro atoms. The molecule has 3 rings (SSSR count). The molecule has 170 valence electrons. The second-order valence-electron chi connectivity index (χ2n) is 6.69. The van der Waals surface area contributed by atoms with Crippen molar-refractivity contribution >= 4 is 28.9 Å². The fourth-order valence-corrected chi connectivity index (χ4v) is 3.06. The van der Waals surface area contributed by atoms with E-state index in [1.54, 1.807) is 0 Å². The topological polar surface area (TPSA) is 104 Å². The minimum absolute atomic E-state index is 0.160. The lowest BCUT2D eigenvalue weighted by Crippen LogP contribution is -2.20. The normalized spacial score (nSPS) is 11.3. The van der Waals surface area contributed by atoms with Gasteiger partial charge in [-0.1, -0.05) is 6.07 Å². The van der Waals surface area contributed by atoms with Gasteiger partial charge in [-0.2, -0.15) is 18.3 Å². The monoisotopic (exact) mass is 452 g/mol. The lowest BCUT2D eigenvalue weighted by molar-refractivity contribution is -0.136. The average molecular weight is 452 g/mol. The van der Waals surface area contributed by atoms with Gasteiger partial charge in [0.25, 0.3) is 5.91 Å². The highest BCUT2D eigenvalue weighted by Crippen LogP contribution is 2.41. The number of nitrogens with zero attached hydrogens (tertiary/aromatic N) is 3. The number of carbonyl (C=O) groups is 1. The molecular weight excluding hydrogens is 432 g/mol. The van der Waals surface area contributed by atoms with Crippen molar-refractivity contribution in [2.45, 2.75) is 12.6 Å². The molecule has 0 aliphatic heterocycles. The third-order valence-electron chi connectivity index (χ3n) is 4.52. The third kappa shape index (κ3) is 4.80. The molecule has 0 fully saturated rings. The number of aliphatic hydroxyl groups excluding tert-OH is 1. The predicted octanol–water partition coefficient (Wildman–Crippen LogP) is 3.35. The number of anilines is 4. The van der Waals surface area contributed by atoms with Crippen molar-refractivity contribution in [1.82, 2.24) is 20.1 Å². The number of hydrogen-bond acceptors (Lipinski definition) is 6. The van der Waals surface area contributed by atoms with Gasteiger partial charge in [0, 0.05) is 39.4 Å². The summed E-state index contributed by atoms with van der Waals surface area (Å²) in [5.74, 6) is -1.90. The van der Waals surface area contributed by atoms with Gasteiger partial charge in [-0.25, -0.2) is 9.37 Å². The first-order chi connectivity index (χ1) is 15.2. The number of nitrogens with one attached hydrogen (secondary N) is 3. The number of aliphatic hydroxyl groups is 1. The Morgan fingerprint density at radius 1 is 1.22 bits per heavy atom. The van der Waals surface area contributed by atoms with Gasteiger partial charge in [0.15, 0.2) is 0 Å². The molecule has 0 aliphatic carbocycles. The van der Waals surface area contributed by atoms with E-state index in [9.17, 15) is 22.4 Å². The molecule has 1 amide bonds. The van der Waals surface area contributed by atoms with Crippen molar-refractivity contribution in [3.63, 3.8) is 0 Å². The summed E-state index contributed by atoms with van der Waals surface area (Å²) in [6.07, 6.45) is -3.53. The standard InChI is InChI=1S/C20H20F4N6O2/c1-25-19(32)12-4-3-5-13(21)17(12)27-14-6-8-26-18(16(14)20(22,23)24)28-15-10-11(7-9-31)29-30(15)2/h3-6,8,10,31H,7,9H2,1-2H3,(H,25,32)(H2,26,27,28). The Morgan fingerprint density at radius 2 is 1.97 bits per heavy atom. The molecule has 4 N–H and O–H groups in total. The van der Waals surface area contributed by atoms with Crippen molar-refractivity contribution < 1.29 is 27.5 Å². The molecule has 3 aromatic rings. The Balaban J connectivity index is 2.07. The highest BCUT2D eigenvalue weighted by Gasteiger charge is 2.38. The number of aryl methyl sites for hydroxylation is 1. The molecule has 2 aromatic heterocycles. The van der Waals surface area contributed by atoms with E-state index in [4.69, 9.17) is 5.11 Å². The summed E-state index contributed by atoms with van der Waals surface area (Å²) in [7, 11) is 2.85. The number of rotatable bonds is 7. The maximum absolute atomic E-state index is 14.4. The van der Waals surface area contributed by atoms with E-state index in [-0.39, 0.29) is 24.4 Å². The van der Waals surface area contributed by atoms with Gasteiger partial charge in [-0.15, -0.1) is 0 Å². The molecule has 0 radical (unpaired) electrons. The Labute approximate surface area is 180 Å². The van der Waals surface area contributed by atoms with Crippen LogP contribution in [0.3, 0.4) is 0 Å². The van der Waals surface area contributed by atoms with Crippen molar-refractivity contribution in [2.75, 3.05) is 24.3 Å². The summed E-state index contributed by atoms with van der Waals surface area (Å²) in [6, 6.07) is 6.12. The first-order valence-electron chi connectivity index (χ1n) is 9.40. The Bertz CT molecular complexity index is 1130. The smallest absolute Gasteiger partial charge is 0.396 e. The van der Waals surface area contributed by atoms with E-state index >= 15 is 0 Å². The fourth-order valence-electron chi connectivity index (χ4n) is 3.06. The Kier molecular flexibility index (Phi) is 6.63. The van der Waals surface area contributed by atoms with E-state index < -0.39 is 40.7 Å². The predicted molar refractivity (Wildman–Crippen MR) is 110 cm³/mol. The lowest BCUT2D eigenvalue weighted by atomic mass is 10.1. The third-order valence-corrected chi connectivity index (χ3v) is 4.52. The summed E-state index contributed by atoms with van der Waals surface area (Å²) in [5, 5.41) is 20.5. The van der Waals surface area contributed by atoms with E-state index in [0.29, 0.717) is 5.69 Å². The van der Waals surface area contributed by atoms with Gasteiger partial charge in [-0.3, -0.25) is 9.48 Å². The van der Waals surface area contributed by atoms with Crippen molar-refractivity contribution in [2.24, 2.45) is 7.05 Å². The largest absolute Gasteiger partial charge is 0.421 e. The number of hydrogen-bond donors (Lipinski definition) is 4. The molecule has 1 aromatic carbocycles. The Hall–Kier alpha value is -3.67. The van der Waals surface area contributed by atoms with Crippen LogP contribution in [0.2, 0.25) is 0 Å². The first-order valence-corrected chi connectivity index (χ1v) is 9.40. The number of carbonyl (C=O) groups excluding carboxylic acids is 1. The van der Waals surface area contributed by atoms with E-state index in [0.717, 1.165) is 18.3 Å². The van der Waals surface area contributed by atoms with Gasteiger partial charge in [0.1, 0.15) is 23.0 Å². The maximum Gasteiger partial charge on any atom is 0.421 e. The van der Waals surface area contributed by atoms with Crippen LogP contribution in [-0.4, -0.2) is 39.4 Å². The second-order valence-corrected chi connectivity index (χ2v) is 6.69. The average Bonchev–Trinajstić information content (AvgIpc) is 3.07. The summed E-state index contributed by atoms with van der Waals surface area (Å²) in [5.41, 5.74) is -1.77. The van der Waals surface area contributed by atoms with Crippen LogP contribution >= 0.6 is 0 Å². The maximum atomic E-state index is 14.4. The number of aromatic nitrogens is 3. The number of para-hydroxylation sites is 1. The van der Waals surface area contributed by atoms with Gasteiger partial charge >= 0.3 is 6.18 Å². The van der Waals surface area contributed by atoms with E-state index in [2.05, 4.69) is 26.0 Å². The first kappa shape index (κ1) is 23.0. The van der Waals surface area contributed by atoms with E-state index in [1.165, 1.54) is 37.0 Å². The van der Waals surface area contributed by atoms with Gasteiger partial charge < -0.3 is 21.1 Å². The summed E-state index contributed by atoms with van der Waals surface area (Å²) < 4.78 is 57.8. The molecule has 0 aliphatic rings. The number of pyridine rings is 1. The quantitative estimate of drug-likeness (QED) is 0.410. The molecule has 2 heterocycles. The molecule has 12 heteroatoms. The molecule has 0 saturated carbocycles. The summed E-state index contributed by atoms with van der Waals surface area (Å²) >= 11 is 0. The lowest BCUT2D eigenvalue weighted by Gasteiger charge is -2.19. The molecule has 32 heavy (non-hydrogen) atoms. The van der Waals surface area contributed by atoms with Crippen molar-refractivity contribution in [3.8, 4) is 0 Å². The molecule has 0 bridgehead atoms. The molecular formula is C20H20F4N6O2. The van der Waals surface area contributed by atoms with Crippen LogP contribution in [0.1, 0.15) is 21.6 Å². The van der Waals surface area contributed by atoms with Gasteiger partial charge in [0.2, 0.25) is 0 Å². The molecule has 0 unspecified atom stereocenters. The number of halogens is 4. The molecule has 0 saturated heterocycles. The zero-order chi connectivity index (χ0) is 23.5. The van der Waals surface area contributed by atoms with Crippen LogP contribution in [0.25, 0.3) is 0 Å². The number of alkyl halides is 3. The number of benzene rings is 1. The van der Waals surface area contributed by atoms with Gasteiger partial charge in [0.05, 0.1) is 22.6 Å². The zero-order valence-corrected chi connectivity index (χ0v) is 17.1. The van der Waals surface area contributed by atoms with Crippen molar-refractivity contribution in [3.05, 3.63) is 59.2 Å². The van der Waals surface area contributed by atoms with Crippen LogP contribution in [-0.2, 0) is 19.6 Å². The van der Waals surface area contributed by atoms with Crippen LogP contribution in [0, 0.1) is 5.82 Å². The highest BCUT2D eigenvalue weighted by atomic mass is 19.4. The van der Waals surface area contributed by atoms with Crippen LogP contribution in [0.4, 0.5) is 40.6 Å². The van der Waals surface area contributed by atoms with Gasteiger partial charge in [-0.05, 0) is 18.2 Å². The number of amides is 1. The van der Waals surface area contributed by atoms with E-state index in [1.807, 2.05) is 0 Å². The van der Waals surface area contributed by atoms with Crippen LogP contribution in [0.15, 0.2) is 36.5 Å². The van der Waals surface area contributed by atoms with Crippen molar-refractivity contribution in [1.29, 1.82) is 0 Å². The fraction of sp³-hybridized carbons (Fsp3) is 0.250.